The lowest BCUT2D eigenvalue weighted by atomic mass is 9.90. The van der Waals surface area contributed by atoms with Crippen molar-refractivity contribution in [2.24, 2.45) is 5.92 Å². The van der Waals surface area contributed by atoms with Gasteiger partial charge in [-0.3, -0.25) is 4.79 Å². The summed E-state index contributed by atoms with van der Waals surface area (Å²) in [7, 11) is 0. The Kier molecular flexibility index (Phi) is 6.43. The first-order valence-electron chi connectivity index (χ1n) is 11.1. The molecule has 1 N–H and O–H groups in total. The van der Waals surface area contributed by atoms with E-state index in [4.69, 9.17) is 0 Å². The van der Waals surface area contributed by atoms with Crippen molar-refractivity contribution in [3.63, 3.8) is 0 Å². The molecule has 0 unspecified atom stereocenters. The summed E-state index contributed by atoms with van der Waals surface area (Å²) in [4.78, 5) is 24.1. The fourth-order valence-corrected chi connectivity index (χ4v) is 4.62. The Morgan fingerprint density at radius 1 is 1.03 bits per heavy atom. The standard InChI is InChI=1S/C24H32N4O/c1-18-16-22(27-24(25-18)26-21-10-6-3-7-11-21)23(29)28-14-12-20(13-15-28)17-19-8-4-2-5-9-19/h2,4-5,8-9,16,20-21H,3,6-7,10-15,17H2,1H3,(H,25,26,27). The molecule has 1 saturated carbocycles. The lowest BCUT2D eigenvalue weighted by Crippen LogP contribution is -2.39. The van der Waals surface area contributed by atoms with Gasteiger partial charge in [0.15, 0.2) is 0 Å². The normalized spacial score (nSPS) is 18.6. The van der Waals surface area contributed by atoms with Gasteiger partial charge in [-0.2, -0.15) is 0 Å². The van der Waals surface area contributed by atoms with Gasteiger partial charge in [0.25, 0.3) is 5.91 Å². The number of benzene rings is 1. The number of aryl methyl sites for hydroxylation is 1. The number of piperidine rings is 1. The van der Waals surface area contributed by atoms with Gasteiger partial charge in [-0.1, -0.05) is 49.6 Å². The molecule has 1 aliphatic carbocycles. The summed E-state index contributed by atoms with van der Waals surface area (Å²) in [6, 6.07) is 12.9. The number of likely N-dealkylation sites (tertiary alicyclic amines) is 1. The molecule has 29 heavy (non-hydrogen) atoms. The number of nitrogens with zero attached hydrogens (tertiary/aromatic N) is 3. The molecule has 1 aromatic heterocycles. The largest absolute Gasteiger partial charge is 0.351 e. The van der Waals surface area contributed by atoms with Crippen LogP contribution in [0.3, 0.4) is 0 Å². The molecule has 0 bridgehead atoms. The van der Waals surface area contributed by atoms with Crippen molar-refractivity contribution < 1.29 is 4.79 Å². The Hall–Kier alpha value is -2.43. The first kappa shape index (κ1) is 19.9. The fourth-order valence-electron chi connectivity index (χ4n) is 4.62. The molecule has 1 aromatic carbocycles. The highest BCUT2D eigenvalue weighted by Gasteiger charge is 2.25. The van der Waals surface area contributed by atoms with E-state index in [-0.39, 0.29) is 5.91 Å². The molecule has 1 saturated heterocycles. The first-order chi connectivity index (χ1) is 14.2. The quantitative estimate of drug-likeness (QED) is 0.806. The topological polar surface area (TPSA) is 58.1 Å². The van der Waals surface area contributed by atoms with Crippen LogP contribution in [0.1, 0.15) is 66.7 Å². The smallest absolute Gasteiger partial charge is 0.272 e. The highest BCUT2D eigenvalue weighted by atomic mass is 16.2. The molecular weight excluding hydrogens is 360 g/mol. The van der Waals surface area contributed by atoms with Gasteiger partial charge in [-0.25, -0.2) is 9.97 Å². The molecule has 0 spiro atoms. The highest BCUT2D eigenvalue weighted by molar-refractivity contribution is 5.92. The van der Waals surface area contributed by atoms with Crippen molar-refractivity contribution in [1.82, 2.24) is 14.9 Å². The third kappa shape index (κ3) is 5.34. The van der Waals surface area contributed by atoms with Crippen molar-refractivity contribution in [2.45, 2.75) is 64.3 Å². The van der Waals surface area contributed by atoms with Gasteiger partial charge in [0.05, 0.1) is 0 Å². The number of aromatic nitrogens is 2. The molecule has 2 aliphatic rings. The van der Waals surface area contributed by atoms with Crippen LogP contribution in [-0.4, -0.2) is 39.9 Å². The number of anilines is 1. The van der Waals surface area contributed by atoms with E-state index >= 15 is 0 Å². The second-order valence-corrected chi connectivity index (χ2v) is 8.62. The molecule has 4 rings (SSSR count). The van der Waals surface area contributed by atoms with E-state index < -0.39 is 0 Å². The van der Waals surface area contributed by atoms with Gasteiger partial charge in [0.2, 0.25) is 5.95 Å². The van der Waals surface area contributed by atoms with Gasteiger partial charge in [-0.05, 0) is 56.6 Å². The van der Waals surface area contributed by atoms with Crippen molar-refractivity contribution in [1.29, 1.82) is 0 Å². The summed E-state index contributed by atoms with van der Waals surface area (Å²) in [5.74, 6) is 1.30. The number of nitrogens with one attached hydrogen (secondary N) is 1. The molecule has 0 radical (unpaired) electrons. The number of amides is 1. The van der Waals surface area contributed by atoms with Crippen molar-refractivity contribution >= 4 is 11.9 Å². The SMILES string of the molecule is Cc1cc(C(=O)N2CCC(Cc3ccccc3)CC2)nc(NC2CCCCC2)n1. The van der Waals surface area contributed by atoms with Crippen LogP contribution in [0.15, 0.2) is 36.4 Å². The first-order valence-corrected chi connectivity index (χ1v) is 11.1. The summed E-state index contributed by atoms with van der Waals surface area (Å²) >= 11 is 0. The fraction of sp³-hybridized carbons (Fsp3) is 0.542. The summed E-state index contributed by atoms with van der Waals surface area (Å²) in [6.45, 7) is 3.56. The second-order valence-electron chi connectivity index (χ2n) is 8.62. The zero-order chi connectivity index (χ0) is 20.1. The predicted molar refractivity (Wildman–Crippen MR) is 116 cm³/mol. The summed E-state index contributed by atoms with van der Waals surface area (Å²) in [5, 5.41) is 3.46. The zero-order valence-corrected chi connectivity index (χ0v) is 17.4. The van der Waals surface area contributed by atoms with Crippen molar-refractivity contribution in [2.75, 3.05) is 18.4 Å². The van der Waals surface area contributed by atoms with Gasteiger partial charge in [0.1, 0.15) is 5.69 Å². The molecule has 2 fully saturated rings. The Bertz CT molecular complexity index is 809. The Morgan fingerprint density at radius 2 is 1.76 bits per heavy atom. The van der Waals surface area contributed by atoms with E-state index in [0.29, 0.717) is 23.6 Å². The molecule has 2 heterocycles. The molecule has 2 aromatic rings. The van der Waals surface area contributed by atoms with E-state index in [1.54, 1.807) is 0 Å². The summed E-state index contributed by atoms with van der Waals surface area (Å²) in [6.07, 6.45) is 9.36. The monoisotopic (exact) mass is 392 g/mol. The summed E-state index contributed by atoms with van der Waals surface area (Å²) < 4.78 is 0. The molecule has 1 amide bonds. The number of carbonyl (C=O) groups excluding carboxylic acids is 1. The number of rotatable bonds is 5. The average molecular weight is 393 g/mol. The minimum absolute atomic E-state index is 0.0420. The van der Waals surface area contributed by atoms with Gasteiger partial charge in [-0.15, -0.1) is 0 Å². The maximum Gasteiger partial charge on any atom is 0.272 e. The Labute approximate surface area is 173 Å². The number of carbonyl (C=O) groups is 1. The van der Waals surface area contributed by atoms with Crippen LogP contribution >= 0.6 is 0 Å². The lowest BCUT2D eigenvalue weighted by molar-refractivity contribution is 0.0684. The highest BCUT2D eigenvalue weighted by Crippen LogP contribution is 2.24. The molecule has 0 atom stereocenters. The summed E-state index contributed by atoms with van der Waals surface area (Å²) in [5.41, 5.74) is 2.76. The number of hydrogen-bond acceptors (Lipinski definition) is 4. The van der Waals surface area contributed by atoms with Crippen molar-refractivity contribution in [3.05, 3.63) is 53.3 Å². The van der Waals surface area contributed by atoms with Crippen LogP contribution in [0, 0.1) is 12.8 Å². The van der Waals surface area contributed by atoms with Crippen molar-refractivity contribution in [3.8, 4) is 0 Å². The molecule has 1 aliphatic heterocycles. The van der Waals surface area contributed by atoms with E-state index in [2.05, 4.69) is 45.6 Å². The maximum absolute atomic E-state index is 13.1. The van der Waals surface area contributed by atoms with Crippen LogP contribution < -0.4 is 5.32 Å². The lowest BCUT2D eigenvalue weighted by Gasteiger charge is -2.32. The Balaban J connectivity index is 1.35. The molecule has 5 nitrogen and oxygen atoms in total. The Morgan fingerprint density at radius 3 is 2.48 bits per heavy atom. The van der Waals surface area contributed by atoms with E-state index in [1.807, 2.05) is 17.9 Å². The van der Waals surface area contributed by atoms with E-state index in [0.717, 1.165) is 50.9 Å². The second kappa shape index (κ2) is 9.38. The van der Waals surface area contributed by atoms with Gasteiger partial charge in [0, 0.05) is 24.8 Å². The molecular formula is C24H32N4O. The van der Waals surface area contributed by atoms with E-state index in [9.17, 15) is 4.79 Å². The zero-order valence-electron chi connectivity index (χ0n) is 17.4. The van der Waals surface area contributed by atoms with Crippen LogP contribution in [0.5, 0.6) is 0 Å². The van der Waals surface area contributed by atoms with Crippen LogP contribution in [0.4, 0.5) is 5.95 Å². The minimum atomic E-state index is 0.0420. The van der Waals surface area contributed by atoms with Crippen LogP contribution in [0.25, 0.3) is 0 Å². The average Bonchev–Trinajstić information content (AvgIpc) is 2.75. The molecule has 5 heteroatoms. The molecule has 154 valence electrons. The minimum Gasteiger partial charge on any atom is -0.351 e. The van der Waals surface area contributed by atoms with Crippen LogP contribution in [0.2, 0.25) is 0 Å². The third-order valence-corrected chi connectivity index (χ3v) is 6.28. The third-order valence-electron chi connectivity index (χ3n) is 6.28. The van der Waals surface area contributed by atoms with Crippen LogP contribution in [-0.2, 0) is 6.42 Å². The predicted octanol–water partition coefficient (Wildman–Crippen LogP) is 4.62. The number of hydrogen-bond donors (Lipinski definition) is 1. The maximum atomic E-state index is 13.1. The van der Waals surface area contributed by atoms with Gasteiger partial charge >= 0.3 is 0 Å². The van der Waals surface area contributed by atoms with Gasteiger partial charge < -0.3 is 10.2 Å². The van der Waals surface area contributed by atoms with E-state index in [1.165, 1.54) is 24.8 Å².